The quantitative estimate of drug-likeness (QED) is 0.374. The van der Waals surface area contributed by atoms with Gasteiger partial charge >= 0.3 is 0 Å². The first-order valence-electron chi connectivity index (χ1n) is 12.7. The first-order chi connectivity index (χ1) is 18.0. The highest BCUT2D eigenvalue weighted by Crippen LogP contribution is 2.38. The van der Waals surface area contributed by atoms with Crippen molar-refractivity contribution in [3.63, 3.8) is 0 Å². The number of nitro groups is 1. The minimum absolute atomic E-state index is 0.00206. The lowest BCUT2D eigenvalue weighted by molar-refractivity contribution is -0.384. The summed E-state index contributed by atoms with van der Waals surface area (Å²) in [4.78, 5) is 29.3. The number of benzene rings is 3. The number of nitrogens with one attached hydrogen (secondary N) is 1. The third kappa shape index (κ3) is 5.59. The number of methoxy groups -OCH3 is 1. The Morgan fingerprint density at radius 2 is 1.84 bits per heavy atom. The summed E-state index contributed by atoms with van der Waals surface area (Å²) in [5.74, 6) is 0.520. The number of rotatable bonds is 8. The van der Waals surface area contributed by atoms with Crippen LogP contribution in [0.3, 0.4) is 0 Å². The van der Waals surface area contributed by atoms with Crippen molar-refractivity contribution < 1.29 is 14.5 Å². The standard InChI is InChI=1S/C29H32N4O4/c1-37-25-10-7-21(8-11-25)13-14-30-29(34)26-18-23-17-24(33(35)36)9-12-27(23)32-16-15-31(20-28(26)32)19-22-5-3-2-4-6-22/h2-12,17,26,28H,13-16,18-20H2,1H3,(H,30,34). The fourth-order valence-electron chi connectivity index (χ4n) is 5.52. The smallest absolute Gasteiger partial charge is 0.269 e. The number of ether oxygens (including phenoxy) is 1. The summed E-state index contributed by atoms with van der Waals surface area (Å²) in [6, 6.07) is 23.3. The largest absolute Gasteiger partial charge is 0.497 e. The highest BCUT2D eigenvalue weighted by Gasteiger charge is 2.41. The molecule has 0 radical (unpaired) electrons. The van der Waals surface area contributed by atoms with Gasteiger partial charge in [-0.05, 0) is 47.7 Å². The number of carbonyl (C=O) groups is 1. The second-order valence-corrected chi connectivity index (χ2v) is 9.75. The van der Waals surface area contributed by atoms with Crippen LogP contribution in [0.15, 0.2) is 72.8 Å². The van der Waals surface area contributed by atoms with Crippen molar-refractivity contribution >= 4 is 17.3 Å². The van der Waals surface area contributed by atoms with Crippen LogP contribution >= 0.6 is 0 Å². The van der Waals surface area contributed by atoms with Crippen molar-refractivity contribution in [3.8, 4) is 5.75 Å². The molecular weight excluding hydrogens is 468 g/mol. The molecule has 2 aliphatic heterocycles. The van der Waals surface area contributed by atoms with Crippen molar-refractivity contribution in [2.45, 2.75) is 25.4 Å². The van der Waals surface area contributed by atoms with Gasteiger partial charge in [0.25, 0.3) is 5.69 Å². The number of nitrogens with zero attached hydrogens (tertiary/aromatic N) is 3. The molecule has 2 unspecified atom stereocenters. The van der Waals surface area contributed by atoms with E-state index in [1.807, 2.05) is 36.4 Å². The number of amides is 1. The molecule has 1 saturated heterocycles. The third-order valence-electron chi connectivity index (χ3n) is 7.45. The van der Waals surface area contributed by atoms with E-state index >= 15 is 0 Å². The van der Waals surface area contributed by atoms with Crippen LogP contribution < -0.4 is 15.0 Å². The highest BCUT2D eigenvalue weighted by atomic mass is 16.6. The van der Waals surface area contributed by atoms with Gasteiger partial charge in [0.1, 0.15) is 5.75 Å². The van der Waals surface area contributed by atoms with Crippen LogP contribution in [-0.2, 0) is 24.2 Å². The number of non-ortho nitro benzene ring substituents is 1. The fraction of sp³-hybridized carbons (Fsp3) is 0.345. The van der Waals surface area contributed by atoms with Crippen LogP contribution in [-0.4, -0.2) is 55.1 Å². The van der Waals surface area contributed by atoms with Gasteiger partial charge in [-0.15, -0.1) is 0 Å². The fourth-order valence-corrected chi connectivity index (χ4v) is 5.52. The summed E-state index contributed by atoms with van der Waals surface area (Å²) in [6.07, 6.45) is 1.21. The van der Waals surface area contributed by atoms with Crippen molar-refractivity contribution in [2.24, 2.45) is 5.92 Å². The molecule has 2 atom stereocenters. The van der Waals surface area contributed by atoms with Gasteiger partial charge in [-0.25, -0.2) is 0 Å². The molecule has 2 heterocycles. The molecule has 1 N–H and O–H groups in total. The molecule has 0 aliphatic carbocycles. The number of fused-ring (bicyclic) bond motifs is 3. The summed E-state index contributed by atoms with van der Waals surface area (Å²) in [7, 11) is 1.64. The second kappa shape index (κ2) is 11.0. The average Bonchev–Trinajstić information content (AvgIpc) is 2.93. The average molecular weight is 501 g/mol. The molecule has 0 spiro atoms. The lowest BCUT2D eigenvalue weighted by atomic mass is 9.83. The van der Waals surface area contributed by atoms with Gasteiger partial charge in [-0.2, -0.15) is 0 Å². The zero-order valence-electron chi connectivity index (χ0n) is 21.0. The third-order valence-corrected chi connectivity index (χ3v) is 7.45. The number of hydrogen-bond acceptors (Lipinski definition) is 6. The Morgan fingerprint density at radius 1 is 1.05 bits per heavy atom. The Morgan fingerprint density at radius 3 is 2.57 bits per heavy atom. The van der Waals surface area contributed by atoms with E-state index in [-0.39, 0.29) is 28.5 Å². The van der Waals surface area contributed by atoms with Gasteiger partial charge in [0.05, 0.1) is 24.0 Å². The minimum Gasteiger partial charge on any atom is -0.497 e. The van der Waals surface area contributed by atoms with E-state index in [1.54, 1.807) is 19.2 Å². The Hall–Kier alpha value is -3.91. The summed E-state index contributed by atoms with van der Waals surface area (Å²) < 4.78 is 5.22. The normalized spacial score (nSPS) is 19.0. The van der Waals surface area contributed by atoms with Crippen LogP contribution in [0.2, 0.25) is 0 Å². The predicted octanol–water partition coefficient (Wildman–Crippen LogP) is 3.83. The van der Waals surface area contributed by atoms with Crippen LogP contribution in [0.1, 0.15) is 16.7 Å². The number of anilines is 1. The van der Waals surface area contributed by atoms with Crippen LogP contribution in [0.25, 0.3) is 0 Å². The molecule has 3 aromatic rings. The van der Waals surface area contributed by atoms with Gasteiger partial charge < -0.3 is 15.0 Å². The second-order valence-electron chi connectivity index (χ2n) is 9.75. The molecule has 1 fully saturated rings. The molecule has 192 valence electrons. The van der Waals surface area contributed by atoms with Crippen LogP contribution in [0, 0.1) is 16.0 Å². The number of hydrogen-bond donors (Lipinski definition) is 1. The van der Waals surface area contributed by atoms with E-state index in [0.717, 1.165) is 55.2 Å². The lowest BCUT2D eigenvalue weighted by Gasteiger charge is -2.49. The predicted molar refractivity (Wildman–Crippen MR) is 143 cm³/mol. The van der Waals surface area contributed by atoms with Crippen molar-refractivity contribution in [3.05, 3.63) is 99.6 Å². The van der Waals surface area contributed by atoms with Crippen LogP contribution in [0.5, 0.6) is 5.75 Å². The molecule has 1 amide bonds. The first-order valence-corrected chi connectivity index (χ1v) is 12.7. The van der Waals surface area contributed by atoms with Crippen molar-refractivity contribution in [1.29, 1.82) is 0 Å². The Labute approximate surface area is 217 Å². The van der Waals surface area contributed by atoms with E-state index in [0.29, 0.717) is 13.0 Å². The number of carbonyl (C=O) groups excluding carboxylic acids is 1. The zero-order valence-corrected chi connectivity index (χ0v) is 21.0. The van der Waals surface area contributed by atoms with Crippen molar-refractivity contribution in [2.75, 3.05) is 38.2 Å². The highest BCUT2D eigenvalue weighted by molar-refractivity contribution is 5.82. The van der Waals surface area contributed by atoms with E-state index < -0.39 is 0 Å². The van der Waals surface area contributed by atoms with Gasteiger partial charge in [0, 0.05) is 50.5 Å². The molecular formula is C29H32N4O4. The van der Waals surface area contributed by atoms with E-state index in [4.69, 9.17) is 4.74 Å². The van der Waals surface area contributed by atoms with E-state index in [1.165, 1.54) is 5.56 Å². The molecule has 0 aromatic heterocycles. The molecule has 3 aromatic carbocycles. The van der Waals surface area contributed by atoms with Gasteiger partial charge in [0.15, 0.2) is 0 Å². The maximum Gasteiger partial charge on any atom is 0.269 e. The monoisotopic (exact) mass is 500 g/mol. The summed E-state index contributed by atoms with van der Waals surface area (Å²) in [6.45, 7) is 3.78. The maximum absolute atomic E-state index is 13.5. The molecule has 0 saturated carbocycles. The lowest BCUT2D eigenvalue weighted by Crippen LogP contribution is -2.61. The Bertz CT molecular complexity index is 1250. The molecule has 8 heteroatoms. The molecule has 5 rings (SSSR count). The number of nitro benzene ring substituents is 1. The van der Waals surface area contributed by atoms with Crippen LogP contribution in [0.4, 0.5) is 11.4 Å². The van der Waals surface area contributed by atoms with E-state index in [9.17, 15) is 14.9 Å². The SMILES string of the molecule is COc1ccc(CCNC(=O)C2Cc3cc([N+](=O)[O-])ccc3N3CCN(Cc4ccccc4)CC23)cc1. The van der Waals surface area contributed by atoms with Gasteiger partial charge in [-0.3, -0.25) is 19.8 Å². The maximum atomic E-state index is 13.5. The topological polar surface area (TPSA) is 87.9 Å². The molecule has 2 aliphatic rings. The zero-order chi connectivity index (χ0) is 25.8. The van der Waals surface area contributed by atoms with Gasteiger partial charge in [-0.1, -0.05) is 42.5 Å². The minimum atomic E-state index is -0.367. The van der Waals surface area contributed by atoms with Gasteiger partial charge in [0.2, 0.25) is 5.91 Å². The summed E-state index contributed by atoms with van der Waals surface area (Å²) in [5, 5.41) is 14.6. The summed E-state index contributed by atoms with van der Waals surface area (Å²) in [5.41, 5.74) is 4.33. The van der Waals surface area contributed by atoms with E-state index in [2.05, 4.69) is 39.4 Å². The summed E-state index contributed by atoms with van der Waals surface area (Å²) >= 11 is 0. The Kier molecular flexibility index (Phi) is 7.37. The van der Waals surface area contributed by atoms with Crippen molar-refractivity contribution in [1.82, 2.24) is 10.2 Å². The first kappa shape index (κ1) is 24.8. The molecule has 0 bridgehead atoms. The molecule has 8 nitrogen and oxygen atoms in total. The molecule has 37 heavy (non-hydrogen) atoms. The Balaban J connectivity index is 1.32. The number of piperazine rings is 1.